The van der Waals surface area contributed by atoms with Crippen LogP contribution in [-0.2, 0) is 10.4 Å². The summed E-state index contributed by atoms with van der Waals surface area (Å²) >= 11 is 0. The number of nitrogens with two attached hydrogens (primary N) is 1. The summed E-state index contributed by atoms with van der Waals surface area (Å²) in [5.41, 5.74) is 5.11. The van der Waals surface area contributed by atoms with Crippen molar-refractivity contribution < 1.29 is 28.5 Å². The second-order valence-corrected chi connectivity index (χ2v) is 2.59. The molecule has 0 radical (unpaired) electrons. The summed E-state index contributed by atoms with van der Waals surface area (Å²) in [5, 5.41) is 0. The van der Waals surface area contributed by atoms with Gasteiger partial charge < -0.3 is 16.7 Å². The number of hydrogen-bond donors (Lipinski definition) is 3. The Bertz CT molecular complexity index is 129. The molecule has 0 spiro atoms. The molecule has 0 unspecified atom stereocenters. The molecule has 0 aliphatic rings. The first-order valence-electron chi connectivity index (χ1n) is 2.19. The van der Waals surface area contributed by atoms with Crippen LogP contribution in [0, 0.1) is 0 Å². The normalized spacial score (nSPS) is 8.55. The van der Waals surface area contributed by atoms with Crippen LogP contribution in [0.5, 0.6) is 0 Å². The zero-order chi connectivity index (χ0) is 8.08. The van der Waals surface area contributed by atoms with Crippen LogP contribution in [0.15, 0.2) is 0 Å². The van der Waals surface area contributed by atoms with Crippen molar-refractivity contribution in [3.05, 3.63) is 0 Å². The molecule has 8 heteroatoms. The van der Waals surface area contributed by atoms with Gasteiger partial charge in [0.25, 0.3) is 0 Å². The van der Waals surface area contributed by atoms with Crippen molar-refractivity contribution in [3.8, 4) is 0 Å². The van der Waals surface area contributed by atoms with Crippen LogP contribution in [0.25, 0.3) is 0 Å². The maximum Gasteiger partial charge on any atom is 0.394 e. The van der Waals surface area contributed by atoms with Crippen LogP contribution in [0.1, 0.15) is 13.8 Å². The van der Waals surface area contributed by atoms with Crippen LogP contribution < -0.4 is 5.73 Å². The summed E-state index contributed by atoms with van der Waals surface area (Å²) in [4.78, 5) is 0. The highest BCUT2D eigenvalue weighted by Crippen LogP contribution is 1.59. The van der Waals surface area contributed by atoms with Gasteiger partial charge in [-0.25, -0.2) is 0 Å². The molecular formula is C3H15NO6S. The maximum absolute atomic E-state index is 8.74. The van der Waals surface area contributed by atoms with E-state index in [9.17, 15) is 0 Å². The molecule has 0 aromatic carbocycles. The minimum atomic E-state index is -4.67. The van der Waals surface area contributed by atoms with E-state index in [1.165, 1.54) is 0 Å². The van der Waals surface area contributed by atoms with Gasteiger partial charge in [0.2, 0.25) is 0 Å². The van der Waals surface area contributed by atoms with Crippen molar-refractivity contribution in [2.75, 3.05) is 0 Å². The molecule has 7 nitrogen and oxygen atoms in total. The minimum Gasteiger partial charge on any atom is -0.412 e. The first kappa shape index (κ1) is 22.4. The van der Waals surface area contributed by atoms with E-state index >= 15 is 0 Å². The fraction of sp³-hybridized carbons (Fsp3) is 1.00. The molecule has 0 atom stereocenters. The van der Waals surface area contributed by atoms with E-state index in [1.807, 2.05) is 13.8 Å². The van der Waals surface area contributed by atoms with Gasteiger partial charge in [0, 0.05) is 0 Å². The molecule has 0 bridgehead atoms. The van der Waals surface area contributed by atoms with Gasteiger partial charge in [-0.05, 0) is 6.04 Å². The topological polar surface area (TPSA) is 164 Å². The summed E-state index contributed by atoms with van der Waals surface area (Å²) in [7, 11) is -4.67. The van der Waals surface area contributed by atoms with Crippen molar-refractivity contribution in [2.24, 2.45) is 5.73 Å². The first-order chi connectivity index (χ1) is 3.73. The third-order valence-electron chi connectivity index (χ3n) is 0. The van der Waals surface area contributed by atoms with Crippen molar-refractivity contribution >= 4 is 10.4 Å². The van der Waals surface area contributed by atoms with Gasteiger partial charge in [-0.15, -0.1) is 0 Å². The molecule has 0 saturated carbocycles. The molecule has 0 aromatic heterocycles. The first-order valence-corrected chi connectivity index (χ1v) is 3.58. The van der Waals surface area contributed by atoms with Crippen LogP contribution in [0.3, 0.4) is 0 Å². The Labute approximate surface area is 65.4 Å². The second-order valence-electron chi connectivity index (χ2n) is 1.69. The summed E-state index contributed by atoms with van der Waals surface area (Å²) in [6.07, 6.45) is 0. The smallest absolute Gasteiger partial charge is 0.394 e. The van der Waals surface area contributed by atoms with Crippen LogP contribution in [0.4, 0.5) is 0 Å². The molecule has 11 heavy (non-hydrogen) atoms. The third kappa shape index (κ3) is 9370. The Balaban J connectivity index is -0.0000000383. The standard InChI is InChI=1S/C3H9N.H2O4S.2H2O/c1-3(2)4;1-5(2,3)4;;/h3H,4H2,1-2H3;(H2,1,2,3,4);2*1H2. The van der Waals surface area contributed by atoms with Crippen LogP contribution in [-0.4, -0.2) is 34.5 Å². The van der Waals surface area contributed by atoms with Crippen molar-refractivity contribution in [1.29, 1.82) is 0 Å². The maximum atomic E-state index is 8.74. The lowest BCUT2D eigenvalue weighted by molar-refractivity contribution is 0.381. The largest absolute Gasteiger partial charge is 0.412 e. The average Bonchev–Trinajstić information content (AvgIpc) is 1.19. The molecule has 0 amide bonds. The molecule has 0 aromatic rings. The molecule has 0 aliphatic heterocycles. The Hall–Kier alpha value is -0.250. The Kier molecular flexibility index (Phi) is 19.9. The molecule has 0 rings (SSSR count). The summed E-state index contributed by atoms with van der Waals surface area (Å²) in [6, 6.07) is 0.333. The Morgan fingerprint density at radius 1 is 1.18 bits per heavy atom. The van der Waals surface area contributed by atoms with Crippen molar-refractivity contribution in [1.82, 2.24) is 0 Å². The fourth-order valence-corrected chi connectivity index (χ4v) is 0. The van der Waals surface area contributed by atoms with E-state index in [1.54, 1.807) is 0 Å². The SMILES string of the molecule is CC(C)N.O.O.O=S(=O)(O)O. The highest BCUT2D eigenvalue weighted by atomic mass is 32.3. The van der Waals surface area contributed by atoms with E-state index in [-0.39, 0.29) is 11.0 Å². The van der Waals surface area contributed by atoms with Gasteiger partial charge in [-0.1, -0.05) is 13.8 Å². The van der Waals surface area contributed by atoms with Crippen molar-refractivity contribution in [3.63, 3.8) is 0 Å². The Morgan fingerprint density at radius 2 is 1.18 bits per heavy atom. The quantitative estimate of drug-likeness (QED) is 0.380. The lowest BCUT2D eigenvalue weighted by atomic mass is 10.5. The number of hydrogen-bond acceptors (Lipinski definition) is 3. The Morgan fingerprint density at radius 3 is 1.18 bits per heavy atom. The predicted octanol–water partition coefficient (Wildman–Crippen LogP) is -1.95. The van der Waals surface area contributed by atoms with Gasteiger partial charge in [0.15, 0.2) is 0 Å². The van der Waals surface area contributed by atoms with Gasteiger partial charge in [-0.2, -0.15) is 8.42 Å². The molecule has 74 valence electrons. The van der Waals surface area contributed by atoms with E-state index in [0.29, 0.717) is 6.04 Å². The lowest BCUT2D eigenvalue weighted by Gasteiger charge is -1.81. The fourth-order valence-electron chi connectivity index (χ4n) is 0. The molecule has 8 N–H and O–H groups in total. The zero-order valence-corrected chi connectivity index (χ0v) is 7.09. The monoisotopic (exact) mass is 193 g/mol. The summed E-state index contributed by atoms with van der Waals surface area (Å²) in [5.74, 6) is 0. The summed E-state index contributed by atoms with van der Waals surface area (Å²) < 4.78 is 31.6. The highest BCUT2D eigenvalue weighted by molar-refractivity contribution is 7.79. The third-order valence-corrected chi connectivity index (χ3v) is 0. The predicted molar refractivity (Wildman–Crippen MR) is 40.7 cm³/mol. The minimum absolute atomic E-state index is 0. The van der Waals surface area contributed by atoms with Crippen LogP contribution >= 0.6 is 0 Å². The number of rotatable bonds is 0. The van der Waals surface area contributed by atoms with Gasteiger partial charge in [0.05, 0.1) is 0 Å². The van der Waals surface area contributed by atoms with E-state index in [2.05, 4.69) is 0 Å². The molecule has 0 saturated heterocycles. The zero-order valence-electron chi connectivity index (χ0n) is 6.27. The highest BCUT2D eigenvalue weighted by Gasteiger charge is 1.84. The van der Waals surface area contributed by atoms with Crippen LogP contribution in [0.2, 0.25) is 0 Å². The van der Waals surface area contributed by atoms with E-state index in [0.717, 1.165) is 0 Å². The van der Waals surface area contributed by atoms with E-state index < -0.39 is 10.4 Å². The molecular weight excluding hydrogens is 178 g/mol. The van der Waals surface area contributed by atoms with Gasteiger partial charge >= 0.3 is 10.4 Å². The molecule has 0 aliphatic carbocycles. The second kappa shape index (κ2) is 9.75. The van der Waals surface area contributed by atoms with Crippen molar-refractivity contribution in [2.45, 2.75) is 19.9 Å². The average molecular weight is 193 g/mol. The molecule has 0 fully saturated rings. The summed E-state index contributed by atoms with van der Waals surface area (Å²) in [6.45, 7) is 3.89. The lowest BCUT2D eigenvalue weighted by Crippen LogP contribution is -2.06. The van der Waals surface area contributed by atoms with Gasteiger partial charge in [0.1, 0.15) is 0 Å². The molecule has 0 heterocycles. The van der Waals surface area contributed by atoms with E-state index in [4.69, 9.17) is 23.3 Å². The van der Waals surface area contributed by atoms with Gasteiger partial charge in [-0.3, -0.25) is 9.11 Å².